The molecule has 1 aromatic rings. The molecule has 126 valence electrons. The van der Waals surface area contributed by atoms with Crippen molar-refractivity contribution in [3.63, 3.8) is 0 Å². The molecule has 23 heavy (non-hydrogen) atoms. The van der Waals surface area contributed by atoms with E-state index in [1.165, 1.54) is 11.0 Å². The highest BCUT2D eigenvalue weighted by Gasteiger charge is 2.19. The van der Waals surface area contributed by atoms with Gasteiger partial charge in [0.1, 0.15) is 5.75 Å². The lowest BCUT2D eigenvalue weighted by molar-refractivity contribution is -0.132. The number of aryl methyl sites for hydroxylation is 2. The molecule has 0 heterocycles. The summed E-state index contributed by atoms with van der Waals surface area (Å²) in [6.45, 7) is 11.6. The second-order valence-electron chi connectivity index (χ2n) is 5.54. The number of nitrogens with zero attached hydrogens (tertiary/aromatic N) is 1. The Hall–Kier alpha value is -2.30. The average Bonchev–Trinajstić information content (AvgIpc) is 2.50. The topological polar surface area (TPSA) is 58.6 Å². The molecule has 0 aliphatic carbocycles. The summed E-state index contributed by atoms with van der Waals surface area (Å²) in [7, 11) is 1.62. The Balaban J connectivity index is 2.87. The highest BCUT2D eigenvalue weighted by molar-refractivity contribution is 5.91. The Labute approximate surface area is 138 Å². The van der Waals surface area contributed by atoms with Gasteiger partial charge in [-0.05, 0) is 51.0 Å². The van der Waals surface area contributed by atoms with Crippen molar-refractivity contribution in [2.75, 3.05) is 20.2 Å². The van der Waals surface area contributed by atoms with Crippen LogP contribution in [0.1, 0.15) is 36.6 Å². The number of amides is 2. The molecule has 0 aliphatic rings. The van der Waals surface area contributed by atoms with Gasteiger partial charge in [0, 0.05) is 12.1 Å². The zero-order valence-electron chi connectivity index (χ0n) is 14.6. The Morgan fingerprint density at radius 3 is 2.57 bits per heavy atom. The van der Waals surface area contributed by atoms with E-state index in [2.05, 4.69) is 18.0 Å². The summed E-state index contributed by atoms with van der Waals surface area (Å²) in [4.78, 5) is 25.3. The first-order valence-electron chi connectivity index (χ1n) is 7.69. The molecule has 0 saturated heterocycles. The van der Waals surface area contributed by atoms with Crippen LogP contribution in [0.2, 0.25) is 0 Å². The van der Waals surface area contributed by atoms with E-state index in [0.29, 0.717) is 6.54 Å². The lowest BCUT2D eigenvalue weighted by Crippen LogP contribution is -2.40. The molecule has 1 unspecified atom stereocenters. The number of likely N-dealkylation sites (N-methyl/N-ethyl adjacent to an activating group) is 1. The van der Waals surface area contributed by atoms with E-state index in [0.717, 1.165) is 22.4 Å². The van der Waals surface area contributed by atoms with Crippen LogP contribution < -0.4 is 10.1 Å². The van der Waals surface area contributed by atoms with E-state index < -0.39 is 0 Å². The third-order valence-electron chi connectivity index (χ3n) is 3.73. The van der Waals surface area contributed by atoms with Crippen molar-refractivity contribution in [1.29, 1.82) is 0 Å². The molecule has 1 rings (SSSR count). The quantitative estimate of drug-likeness (QED) is 0.786. The van der Waals surface area contributed by atoms with Gasteiger partial charge in [-0.3, -0.25) is 9.59 Å². The number of methoxy groups -OCH3 is 1. The van der Waals surface area contributed by atoms with Crippen molar-refractivity contribution in [2.45, 2.75) is 33.7 Å². The monoisotopic (exact) mass is 318 g/mol. The molecule has 5 nitrogen and oxygen atoms in total. The molecule has 0 radical (unpaired) electrons. The Morgan fingerprint density at radius 1 is 1.39 bits per heavy atom. The van der Waals surface area contributed by atoms with Crippen LogP contribution in [-0.2, 0) is 9.59 Å². The van der Waals surface area contributed by atoms with Gasteiger partial charge < -0.3 is 15.0 Å². The first-order chi connectivity index (χ1) is 10.8. The van der Waals surface area contributed by atoms with Gasteiger partial charge in [0.15, 0.2) is 0 Å². The Kier molecular flexibility index (Phi) is 6.82. The molecule has 1 aromatic carbocycles. The van der Waals surface area contributed by atoms with E-state index in [1.807, 2.05) is 33.8 Å². The minimum atomic E-state index is -0.251. The average molecular weight is 318 g/mol. The molecule has 0 spiro atoms. The molecule has 1 atom stereocenters. The molecule has 0 aliphatic heterocycles. The van der Waals surface area contributed by atoms with Crippen LogP contribution in [0.5, 0.6) is 5.75 Å². The second-order valence-corrected chi connectivity index (χ2v) is 5.54. The molecule has 5 heteroatoms. The zero-order chi connectivity index (χ0) is 17.6. The van der Waals surface area contributed by atoms with Gasteiger partial charge >= 0.3 is 0 Å². The molecule has 0 bridgehead atoms. The van der Waals surface area contributed by atoms with Crippen molar-refractivity contribution < 1.29 is 14.3 Å². The minimum Gasteiger partial charge on any atom is -0.496 e. The minimum absolute atomic E-state index is 0.0128. The number of carbonyl (C=O) groups is 2. The summed E-state index contributed by atoms with van der Waals surface area (Å²) in [5.74, 6) is 0.292. The molecular weight excluding hydrogens is 292 g/mol. The van der Waals surface area contributed by atoms with Crippen molar-refractivity contribution in [2.24, 2.45) is 0 Å². The number of rotatable bonds is 7. The highest BCUT2D eigenvalue weighted by Crippen LogP contribution is 2.29. The van der Waals surface area contributed by atoms with Gasteiger partial charge in [0.2, 0.25) is 11.8 Å². The van der Waals surface area contributed by atoms with Gasteiger partial charge in [-0.2, -0.15) is 0 Å². The lowest BCUT2D eigenvalue weighted by Gasteiger charge is -2.23. The number of carbonyl (C=O) groups excluding carboxylic acids is 2. The van der Waals surface area contributed by atoms with Crippen molar-refractivity contribution in [1.82, 2.24) is 10.2 Å². The van der Waals surface area contributed by atoms with E-state index in [4.69, 9.17) is 4.74 Å². The fourth-order valence-corrected chi connectivity index (χ4v) is 2.67. The highest BCUT2D eigenvalue weighted by atomic mass is 16.5. The Bertz CT molecular complexity index is 596. The van der Waals surface area contributed by atoms with Crippen LogP contribution in [0.15, 0.2) is 24.8 Å². The third-order valence-corrected chi connectivity index (χ3v) is 3.73. The molecule has 2 amide bonds. The number of hydrogen-bond acceptors (Lipinski definition) is 3. The van der Waals surface area contributed by atoms with Gasteiger partial charge in [0.05, 0.1) is 19.7 Å². The third kappa shape index (κ3) is 4.84. The van der Waals surface area contributed by atoms with Gasteiger partial charge in [0.25, 0.3) is 0 Å². The molecular formula is C18H26N2O3. The Morgan fingerprint density at radius 2 is 2.04 bits per heavy atom. The first kappa shape index (κ1) is 18.7. The van der Waals surface area contributed by atoms with Gasteiger partial charge in [-0.15, -0.1) is 0 Å². The predicted molar refractivity (Wildman–Crippen MR) is 91.5 cm³/mol. The first-order valence-corrected chi connectivity index (χ1v) is 7.69. The summed E-state index contributed by atoms with van der Waals surface area (Å²) in [6.07, 6.45) is 1.22. The van der Waals surface area contributed by atoms with Crippen LogP contribution in [0, 0.1) is 13.8 Å². The van der Waals surface area contributed by atoms with E-state index >= 15 is 0 Å². The van der Waals surface area contributed by atoms with Crippen molar-refractivity contribution in [3.8, 4) is 5.75 Å². The molecule has 1 N–H and O–H groups in total. The fraction of sp³-hybridized carbons (Fsp3) is 0.444. The van der Waals surface area contributed by atoms with Crippen LogP contribution in [0.4, 0.5) is 0 Å². The SMILES string of the molecule is C=CC(=O)N(CC)CC(=O)NC(C)c1c(C)cc(C)cc1OC. The summed E-state index contributed by atoms with van der Waals surface area (Å²) in [5, 5.41) is 2.93. The summed E-state index contributed by atoms with van der Waals surface area (Å²) < 4.78 is 5.44. The second kappa shape index (κ2) is 8.36. The zero-order valence-corrected chi connectivity index (χ0v) is 14.6. The molecule has 0 saturated carbocycles. The lowest BCUT2D eigenvalue weighted by atomic mass is 9.98. The standard InChI is InChI=1S/C18H26N2O3/c1-7-17(22)20(8-2)11-16(21)19-14(5)18-13(4)9-12(3)10-15(18)23-6/h7,9-10,14H,1,8,11H2,2-6H3,(H,19,21). The summed E-state index contributed by atoms with van der Waals surface area (Å²) in [5.41, 5.74) is 3.11. The molecule has 0 aromatic heterocycles. The van der Waals surface area contributed by atoms with Crippen LogP contribution in [-0.4, -0.2) is 36.9 Å². The van der Waals surface area contributed by atoms with Gasteiger partial charge in [-0.1, -0.05) is 12.6 Å². The predicted octanol–water partition coefficient (Wildman–Crippen LogP) is 2.52. The maximum absolute atomic E-state index is 12.2. The van der Waals surface area contributed by atoms with Crippen molar-refractivity contribution >= 4 is 11.8 Å². The summed E-state index contributed by atoms with van der Waals surface area (Å²) >= 11 is 0. The fourth-order valence-electron chi connectivity index (χ4n) is 2.67. The van der Waals surface area contributed by atoms with E-state index in [-0.39, 0.29) is 24.4 Å². The van der Waals surface area contributed by atoms with E-state index in [1.54, 1.807) is 7.11 Å². The van der Waals surface area contributed by atoms with Crippen LogP contribution in [0.25, 0.3) is 0 Å². The smallest absolute Gasteiger partial charge is 0.246 e. The maximum atomic E-state index is 12.2. The number of hydrogen-bond donors (Lipinski definition) is 1. The number of ether oxygens (including phenoxy) is 1. The summed E-state index contributed by atoms with van der Waals surface area (Å²) in [6, 6.07) is 3.79. The number of nitrogens with one attached hydrogen (secondary N) is 1. The number of benzene rings is 1. The maximum Gasteiger partial charge on any atom is 0.246 e. The van der Waals surface area contributed by atoms with Crippen LogP contribution >= 0.6 is 0 Å². The largest absolute Gasteiger partial charge is 0.496 e. The normalized spacial score (nSPS) is 11.5. The van der Waals surface area contributed by atoms with Crippen LogP contribution in [0.3, 0.4) is 0 Å². The van der Waals surface area contributed by atoms with E-state index in [9.17, 15) is 9.59 Å². The van der Waals surface area contributed by atoms with Gasteiger partial charge in [-0.25, -0.2) is 0 Å². The molecule has 0 fully saturated rings. The van der Waals surface area contributed by atoms with Crippen molar-refractivity contribution in [3.05, 3.63) is 41.5 Å².